The molecule has 2 N–H and O–H groups in total. The maximum Gasteiger partial charge on any atom is 0.573 e. The minimum atomic E-state index is -4.81. The lowest BCUT2D eigenvalue weighted by molar-refractivity contribution is -0.274. The van der Waals surface area contributed by atoms with E-state index in [-0.39, 0.29) is 36.6 Å². The van der Waals surface area contributed by atoms with Gasteiger partial charge in [-0.1, -0.05) is 25.1 Å². The van der Waals surface area contributed by atoms with Crippen LogP contribution in [0.4, 0.5) is 32.4 Å². The van der Waals surface area contributed by atoms with E-state index in [1.807, 2.05) is 13.0 Å². The highest BCUT2D eigenvalue weighted by Gasteiger charge is 2.31. The zero-order chi connectivity index (χ0) is 24.9. The van der Waals surface area contributed by atoms with Gasteiger partial charge < -0.3 is 20.3 Å². The lowest BCUT2D eigenvalue weighted by Gasteiger charge is -2.29. The lowest BCUT2D eigenvalue weighted by atomic mass is 10.0. The number of hydrogen-bond acceptors (Lipinski definition) is 3. The molecule has 0 bridgehead atoms. The largest absolute Gasteiger partial charge is 0.573 e. The van der Waals surface area contributed by atoms with Crippen molar-refractivity contribution in [3.8, 4) is 5.75 Å². The van der Waals surface area contributed by atoms with Crippen LogP contribution in [-0.2, 0) is 11.3 Å². The SMILES string of the molecule is CC/C=C(\CCNC(=O)CN1Cc2c(ccc(F)c2F)NC1=O)c1cccc(OC(F)(F)F)c1. The Morgan fingerprint density at radius 1 is 1.24 bits per heavy atom. The summed E-state index contributed by atoms with van der Waals surface area (Å²) in [4.78, 5) is 25.6. The minimum absolute atomic E-state index is 0.0541. The predicted octanol–water partition coefficient (Wildman–Crippen LogP) is 5.21. The Balaban J connectivity index is 1.58. The standard InChI is InChI=1S/C23H22F5N3O3/c1-2-4-14(15-5-3-6-16(11-15)34-23(26,27)28)9-10-29-20(32)13-31-12-17-19(30-22(31)33)8-7-18(24)21(17)25/h3-8,11H,2,9-10,12-13H2,1H3,(H,29,32)(H,30,33)/b14-4+. The number of halogens is 5. The van der Waals surface area contributed by atoms with Crippen LogP contribution in [0.3, 0.4) is 0 Å². The predicted molar refractivity (Wildman–Crippen MR) is 115 cm³/mol. The van der Waals surface area contributed by atoms with Crippen LogP contribution in [0.1, 0.15) is 30.9 Å². The van der Waals surface area contributed by atoms with Gasteiger partial charge in [-0.3, -0.25) is 4.79 Å². The van der Waals surface area contributed by atoms with Gasteiger partial charge in [0.25, 0.3) is 0 Å². The molecule has 6 nitrogen and oxygen atoms in total. The van der Waals surface area contributed by atoms with E-state index in [4.69, 9.17) is 0 Å². The summed E-state index contributed by atoms with van der Waals surface area (Å²) in [6.45, 7) is 1.35. The summed E-state index contributed by atoms with van der Waals surface area (Å²) in [6.07, 6.45) is -2.06. The number of ether oxygens (including phenoxy) is 1. The molecule has 0 radical (unpaired) electrons. The van der Waals surface area contributed by atoms with Crippen LogP contribution in [0.15, 0.2) is 42.5 Å². The van der Waals surface area contributed by atoms with Crippen LogP contribution in [0.2, 0.25) is 0 Å². The molecule has 11 heteroatoms. The molecule has 3 amide bonds. The quantitative estimate of drug-likeness (QED) is 0.507. The summed E-state index contributed by atoms with van der Waals surface area (Å²) in [5.74, 6) is -3.02. The highest BCUT2D eigenvalue weighted by atomic mass is 19.4. The van der Waals surface area contributed by atoms with Crippen LogP contribution < -0.4 is 15.4 Å². The molecule has 2 aromatic carbocycles. The monoisotopic (exact) mass is 483 g/mol. The number of carbonyl (C=O) groups excluding carboxylic acids is 2. The van der Waals surface area contributed by atoms with Crippen LogP contribution in [-0.4, -0.2) is 36.3 Å². The summed E-state index contributed by atoms with van der Waals surface area (Å²) in [5.41, 5.74) is 1.31. The molecular weight excluding hydrogens is 461 g/mol. The van der Waals surface area contributed by atoms with E-state index < -0.39 is 29.9 Å². The van der Waals surface area contributed by atoms with E-state index >= 15 is 0 Å². The Morgan fingerprint density at radius 2 is 2.00 bits per heavy atom. The summed E-state index contributed by atoms with van der Waals surface area (Å²) in [6, 6.07) is 7.06. The van der Waals surface area contributed by atoms with Crippen molar-refractivity contribution < 1.29 is 36.3 Å². The van der Waals surface area contributed by atoms with Crippen LogP contribution in [0.5, 0.6) is 5.75 Å². The molecular formula is C23H22F5N3O3. The first-order chi connectivity index (χ1) is 16.1. The molecule has 0 atom stereocenters. The Morgan fingerprint density at radius 3 is 2.71 bits per heavy atom. The molecule has 0 saturated heterocycles. The van der Waals surface area contributed by atoms with Crippen LogP contribution in [0.25, 0.3) is 5.57 Å². The van der Waals surface area contributed by atoms with E-state index in [0.29, 0.717) is 24.0 Å². The smallest absolute Gasteiger partial charge is 0.406 e. The number of nitrogens with zero attached hydrogens (tertiary/aromatic N) is 1. The average Bonchev–Trinajstić information content (AvgIpc) is 2.76. The third-order valence-electron chi connectivity index (χ3n) is 5.01. The zero-order valence-electron chi connectivity index (χ0n) is 18.1. The normalized spacial score (nSPS) is 13.9. The highest BCUT2D eigenvalue weighted by Crippen LogP contribution is 2.28. The molecule has 0 spiro atoms. The number of urea groups is 1. The number of anilines is 1. The molecule has 0 saturated carbocycles. The van der Waals surface area contributed by atoms with Crippen molar-refractivity contribution in [3.63, 3.8) is 0 Å². The first kappa shape index (κ1) is 25.0. The summed E-state index contributed by atoms with van der Waals surface area (Å²) < 4.78 is 69.0. The second-order valence-corrected chi connectivity index (χ2v) is 7.49. The number of amides is 3. The number of carbonyl (C=O) groups is 2. The van der Waals surface area contributed by atoms with Crippen LogP contribution in [0, 0.1) is 11.6 Å². The lowest BCUT2D eigenvalue weighted by Crippen LogP contribution is -2.45. The Bertz CT molecular complexity index is 1100. The van der Waals surface area contributed by atoms with Crippen molar-refractivity contribution in [1.29, 1.82) is 0 Å². The average molecular weight is 483 g/mol. The Hall–Kier alpha value is -3.63. The van der Waals surface area contributed by atoms with Crippen LogP contribution >= 0.6 is 0 Å². The molecule has 3 rings (SSSR count). The summed E-state index contributed by atoms with van der Waals surface area (Å²) >= 11 is 0. The Kier molecular flexibility index (Phi) is 7.75. The van der Waals surface area contributed by atoms with Crippen molar-refractivity contribution in [2.75, 3.05) is 18.4 Å². The molecule has 0 unspecified atom stereocenters. The first-order valence-electron chi connectivity index (χ1n) is 10.4. The summed E-state index contributed by atoms with van der Waals surface area (Å²) in [7, 11) is 0. The first-order valence-corrected chi connectivity index (χ1v) is 10.4. The van der Waals surface area contributed by atoms with Gasteiger partial charge in [0.05, 0.1) is 12.2 Å². The van der Waals surface area contributed by atoms with Crippen molar-refractivity contribution in [1.82, 2.24) is 10.2 Å². The number of fused-ring (bicyclic) bond motifs is 1. The number of allylic oxidation sites excluding steroid dienone is 1. The highest BCUT2D eigenvalue weighted by molar-refractivity contribution is 5.94. The fraction of sp³-hybridized carbons (Fsp3) is 0.304. The second kappa shape index (κ2) is 10.5. The molecule has 0 fully saturated rings. The molecule has 182 valence electrons. The number of nitrogens with one attached hydrogen (secondary N) is 2. The zero-order valence-corrected chi connectivity index (χ0v) is 18.1. The van der Waals surface area contributed by atoms with Gasteiger partial charge in [-0.15, -0.1) is 13.2 Å². The minimum Gasteiger partial charge on any atom is -0.406 e. The van der Waals surface area contributed by atoms with Crippen molar-refractivity contribution in [2.45, 2.75) is 32.7 Å². The topological polar surface area (TPSA) is 70.7 Å². The second-order valence-electron chi connectivity index (χ2n) is 7.49. The molecule has 1 heterocycles. The van der Waals surface area contributed by atoms with Gasteiger partial charge in [0.15, 0.2) is 11.6 Å². The van der Waals surface area contributed by atoms with Gasteiger partial charge in [0.2, 0.25) is 5.91 Å². The van der Waals surface area contributed by atoms with Crippen molar-refractivity contribution in [3.05, 3.63) is 65.2 Å². The van der Waals surface area contributed by atoms with Gasteiger partial charge in [0, 0.05) is 12.1 Å². The van der Waals surface area contributed by atoms with E-state index in [2.05, 4.69) is 15.4 Å². The summed E-state index contributed by atoms with van der Waals surface area (Å²) in [5, 5.41) is 5.05. The van der Waals surface area contributed by atoms with E-state index in [0.717, 1.165) is 11.0 Å². The Labute approximate surface area is 192 Å². The van der Waals surface area contributed by atoms with E-state index in [1.165, 1.54) is 24.3 Å². The van der Waals surface area contributed by atoms with E-state index in [9.17, 15) is 31.5 Å². The molecule has 0 aromatic heterocycles. The fourth-order valence-corrected chi connectivity index (χ4v) is 3.52. The number of benzene rings is 2. The van der Waals surface area contributed by atoms with Gasteiger partial charge in [-0.25, -0.2) is 13.6 Å². The number of hydrogen-bond donors (Lipinski definition) is 2. The number of rotatable bonds is 8. The third-order valence-corrected chi connectivity index (χ3v) is 5.01. The van der Waals surface area contributed by atoms with Gasteiger partial charge in [0.1, 0.15) is 12.3 Å². The maximum absolute atomic E-state index is 14.0. The fourth-order valence-electron chi connectivity index (χ4n) is 3.52. The van der Waals surface area contributed by atoms with Crippen molar-refractivity contribution >= 4 is 23.2 Å². The molecule has 2 aromatic rings. The van der Waals surface area contributed by atoms with Gasteiger partial charge >= 0.3 is 12.4 Å². The molecule has 0 aliphatic carbocycles. The van der Waals surface area contributed by atoms with Crippen molar-refractivity contribution in [2.24, 2.45) is 0 Å². The molecule has 1 aliphatic rings. The molecule has 34 heavy (non-hydrogen) atoms. The molecule has 1 aliphatic heterocycles. The van der Waals surface area contributed by atoms with Gasteiger partial charge in [-0.05, 0) is 48.2 Å². The maximum atomic E-state index is 14.0. The third kappa shape index (κ3) is 6.46. The number of alkyl halides is 3. The van der Waals surface area contributed by atoms with Gasteiger partial charge in [-0.2, -0.15) is 0 Å². The van der Waals surface area contributed by atoms with E-state index in [1.54, 1.807) is 6.07 Å².